The Kier molecular flexibility index (Phi) is 7.15. The molecule has 42 heavy (non-hydrogen) atoms. The summed E-state index contributed by atoms with van der Waals surface area (Å²) in [6, 6.07) is 22.8. The number of H-pyrrole nitrogens is 1. The summed E-state index contributed by atoms with van der Waals surface area (Å²) in [5, 5.41) is 6.91. The van der Waals surface area contributed by atoms with Crippen LogP contribution in [0.25, 0.3) is 22.8 Å². The van der Waals surface area contributed by atoms with Gasteiger partial charge in [0.15, 0.2) is 11.5 Å². The van der Waals surface area contributed by atoms with E-state index in [0.717, 1.165) is 5.01 Å². The number of hydrogen-bond acceptors (Lipinski definition) is 6. The third kappa shape index (κ3) is 5.32. The van der Waals surface area contributed by atoms with Crippen LogP contribution in [-0.2, 0) is 16.0 Å². The molecule has 6 rings (SSSR count). The van der Waals surface area contributed by atoms with Crippen LogP contribution in [0.2, 0.25) is 10.0 Å². The largest absolute Gasteiger partial charge is 0.309 e. The lowest BCUT2D eigenvalue weighted by atomic mass is 10.1. The first-order valence-electron chi connectivity index (χ1n) is 12.8. The Balaban J connectivity index is 1.38. The molecule has 3 aromatic carbocycles. The van der Waals surface area contributed by atoms with E-state index in [0.29, 0.717) is 43.6 Å². The number of carbonyl (C=O) groups excluding carboxylic acids is 2. The van der Waals surface area contributed by atoms with Crippen LogP contribution < -0.4 is 11.0 Å². The zero-order valence-corrected chi connectivity index (χ0v) is 23.5. The van der Waals surface area contributed by atoms with Gasteiger partial charge < -0.3 is 4.98 Å². The number of amidine groups is 1. The summed E-state index contributed by atoms with van der Waals surface area (Å²) in [7, 11) is 0. The Morgan fingerprint density at radius 3 is 2.29 bits per heavy atom. The van der Waals surface area contributed by atoms with Crippen LogP contribution in [0.4, 0.5) is 0 Å². The van der Waals surface area contributed by atoms with E-state index < -0.39 is 17.4 Å². The van der Waals surface area contributed by atoms with Crippen molar-refractivity contribution in [2.24, 2.45) is 4.99 Å². The number of aromatic nitrogens is 4. The average molecular weight is 598 g/mol. The molecule has 3 heterocycles. The molecule has 0 atom stereocenters. The van der Waals surface area contributed by atoms with Gasteiger partial charge in [0.1, 0.15) is 16.9 Å². The van der Waals surface area contributed by atoms with E-state index >= 15 is 0 Å². The monoisotopic (exact) mass is 597 g/mol. The molecule has 2 aromatic heterocycles. The Morgan fingerprint density at radius 1 is 0.929 bits per heavy atom. The summed E-state index contributed by atoms with van der Waals surface area (Å²) >= 11 is 12.1. The molecule has 0 saturated carbocycles. The molecule has 0 saturated heterocycles. The maximum Gasteiger partial charge on any atom is 0.288 e. The molecule has 0 unspecified atom stereocenters. The Hall–Kier alpha value is -5.06. The van der Waals surface area contributed by atoms with Gasteiger partial charge in [-0.05, 0) is 67.1 Å². The minimum atomic E-state index is -0.592. The molecule has 2 N–H and O–H groups in total. The van der Waals surface area contributed by atoms with Gasteiger partial charge in [0.05, 0.1) is 17.8 Å². The van der Waals surface area contributed by atoms with E-state index in [1.54, 1.807) is 66.2 Å². The van der Waals surface area contributed by atoms with Crippen LogP contribution in [0.3, 0.4) is 0 Å². The van der Waals surface area contributed by atoms with Crippen molar-refractivity contribution in [2.45, 2.75) is 13.3 Å². The van der Waals surface area contributed by atoms with Gasteiger partial charge >= 0.3 is 0 Å². The third-order valence-electron chi connectivity index (χ3n) is 6.49. The zero-order valence-electron chi connectivity index (χ0n) is 22.0. The third-order valence-corrected chi connectivity index (χ3v) is 6.99. The number of amides is 2. The molecule has 0 radical (unpaired) electrons. The van der Waals surface area contributed by atoms with Crippen molar-refractivity contribution >= 4 is 58.0 Å². The van der Waals surface area contributed by atoms with Gasteiger partial charge in [-0.1, -0.05) is 53.5 Å². The molecule has 2 amide bonds. The number of carbonyl (C=O) groups is 2. The van der Waals surface area contributed by atoms with E-state index in [-0.39, 0.29) is 23.8 Å². The van der Waals surface area contributed by atoms with E-state index in [1.807, 2.05) is 30.3 Å². The van der Waals surface area contributed by atoms with Crippen molar-refractivity contribution < 1.29 is 9.59 Å². The lowest BCUT2D eigenvalue weighted by Gasteiger charge is -2.28. The number of rotatable bonds is 5. The number of aliphatic imine (C=N–C) groups is 1. The maximum absolute atomic E-state index is 13.7. The Morgan fingerprint density at radius 2 is 1.60 bits per heavy atom. The number of benzene rings is 3. The minimum Gasteiger partial charge on any atom is -0.309 e. The first kappa shape index (κ1) is 27.1. The summed E-state index contributed by atoms with van der Waals surface area (Å²) in [5.74, 6) is -0.898. The second-order valence-corrected chi connectivity index (χ2v) is 10.3. The molecule has 0 bridgehead atoms. The van der Waals surface area contributed by atoms with Crippen LogP contribution >= 0.6 is 23.2 Å². The van der Waals surface area contributed by atoms with E-state index in [2.05, 4.69) is 25.5 Å². The molecule has 208 valence electrons. The average Bonchev–Trinajstić information content (AvgIpc) is 3.32. The lowest BCUT2D eigenvalue weighted by molar-refractivity contribution is -0.135. The van der Waals surface area contributed by atoms with Gasteiger partial charge in [0.25, 0.3) is 17.4 Å². The highest BCUT2D eigenvalue weighted by Gasteiger charge is 2.30. The van der Waals surface area contributed by atoms with Crippen molar-refractivity contribution in [3.63, 3.8) is 0 Å². The fourth-order valence-corrected chi connectivity index (χ4v) is 4.76. The number of aryl methyl sites for hydroxylation is 1. The van der Waals surface area contributed by atoms with Crippen LogP contribution in [0.5, 0.6) is 0 Å². The quantitative estimate of drug-likeness (QED) is 0.286. The van der Waals surface area contributed by atoms with Crippen LogP contribution in [-0.4, -0.2) is 42.4 Å². The molecule has 5 aromatic rings. The van der Waals surface area contributed by atoms with E-state index in [1.165, 1.54) is 0 Å². The standard InChI is InChI=1S/C30H21Cl2N7O3/c1-17-26-28(38(36-17)22-5-3-2-4-6-22)34-24(35-30(26)42)16-25(40)39-27(19-9-13-21(32)14-10-19)33-23(29(41)37-39)15-18-7-11-20(31)12-8-18/h2-15H,16H2,1H3,(H,37,41)(H,34,35,42)/b23-15+. The van der Waals surface area contributed by atoms with Gasteiger partial charge in [-0.25, -0.2) is 19.7 Å². The number of hydrogen-bond donors (Lipinski definition) is 2. The van der Waals surface area contributed by atoms with Gasteiger partial charge in [0.2, 0.25) is 0 Å². The molecule has 10 nitrogen and oxygen atoms in total. The molecular formula is C30H21Cl2N7O3. The number of hydrazine groups is 1. The van der Waals surface area contributed by atoms with Crippen LogP contribution in [0.15, 0.2) is 94.3 Å². The second kappa shape index (κ2) is 11.1. The normalized spacial score (nSPS) is 14.3. The highest BCUT2D eigenvalue weighted by molar-refractivity contribution is 6.31. The maximum atomic E-state index is 13.7. The van der Waals surface area contributed by atoms with Crippen molar-refractivity contribution in [1.29, 1.82) is 0 Å². The number of nitrogens with one attached hydrogen (secondary N) is 2. The summed E-state index contributed by atoms with van der Waals surface area (Å²) in [6.45, 7) is 1.72. The first-order valence-corrected chi connectivity index (χ1v) is 13.5. The number of para-hydroxylation sites is 1. The summed E-state index contributed by atoms with van der Waals surface area (Å²) in [5.41, 5.74) is 5.04. The summed E-state index contributed by atoms with van der Waals surface area (Å²) in [6.07, 6.45) is 1.25. The van der Waals surface area contributed by atoms with E-state index in [9.17, 15) is 14.4 Å². The predicted octanol–water partition coefficient (Wildman–Crippen LogP) is 4.63. The number of aromatic amines is 1. The number of nitrogens with zero attached hydrogens (tertiary/aromatic N) is 5. The molecule has 0 aliphatic carbocycles. The van der Waals surface area contributed by atoms with Crippen LogP contribution in [0, 0.1) is 6.92 Å². The van der Waals surface area contributed by atoms with Crippen molar-refractivity contribution in [1.82, 2.24) is 30.2 Å². The number of halogens is 2. The minimum absolute atomic E-state index is 0.0847. The fraction of sp³-hybridized carbons (Fsp3) is 0.0667. The molecule has 0 fully saturated rings. The van der Waals surface area contributed by atoms with Crippen molar-refractivity contribution in [3.8, 4) is 5.69 Å². The molecule has 0 spiro atoms. The summed E-state index contributed by atoms with van der Waals surface area (Å²) < 4.78 is 1.56. The Bertz CT molecular complexity index is 1960. The molecule has 1 aliphatic rings. The second-order valence-electron chi connectivity index (χ2n) is 9.41. The number of fused-ring (bicyclic) bond motifs is 1. The van der Waals surface area contributed by atoms with Gasteiger partial charge in [-0.15, -0.1) is 0 Å². The van der Waals surface area contributed by atoms with Gasteiger partial charge in [-0.2, -0.15) is 5.10 Å². The first-order chi connectivity index (χ1) is 20.3. The highest BCUT2D eigenvalue weighted by atomic mass is 35.5. The highest BCUT2D eigenvalue weighted by Crippen LogP contribution is 2.21. The Labute approximate surface area is 248 Å². The van der Waals surface area contributed by atoms with Crippen molar-refractivity contribution in [3.05, 3.63) is 128 Å². The van der Waals surface area contributed by atoms with Crippen LogP contribution in [0.1, 0.15) is 22.6 Å². The lowest BCUT2D eigenvalue weighted by Crippen LogP contribution is -2.54. The van der Waals surface area contributed by atoms with Gasteiger partial charge in [0, 0.05) is 15.6 Å². The smallest absolute Gasteiger partial charge is 0.288 e. The zero-order chi connectivity index (χ0) is 29.4. The molecule has 12 heteroatoms. The predicted molar refractivity (Wildman–Crippen MR) is 160 cm³/mol. The molecule has 1 aliphatic heterocycles. The van der Waals surface area contributed by atoms with E-state index in [4.69, 9.17) is 23.2 Å². The molecular weight excluding hydrogens is 577 g/mol. The summed E-state index contributed by atoms with van der Waals surface area (Å²) in [4.78, 5) is 51.6. The topological polar surface area (TPSA) is 125 Å². The SMILES string of the molecule is Cc1nn(-c2ccccc2)c2nc(CC(=O)N3NC(=O)/C(=C\c4ccc(Cl)cc4)N=C3c3ccc(Cl)cc3)[nH]c(=O)c12. The van der Waals surface area contributed by atoms with Crippen molar-refractivity contribution in [2.75, 3.05) is 0 Å². The van der Waals surface area contributed by atoms with Gasteiger partial charge in [-0.3, -0.25) is 19.8 Å². The fourth-order valence-electron chi connectivity index (χ4n) is 4.50.